The van der Waals surface area contributed by atoms with Crippen LogP contribution in [0.3, 0.4) is 0 Å². The monoisotopic (exact) mass is 217 g/mol. The third kappa shape index (κ3) is 1.08. The van der Waals surface area contributed by atoms with Crippen LogP contribution in [0.25, 0.3) is 0 Å². The van der Waals surface area contributed by atoms with Crippen molar-refractivity contribution < 1.29 is 9.63 Å². The van der Waals surface area contributed by atoms with E-state index in [0.29, 0.717) is 0 Å². The van der Waals surface area contributed by atoms with Gasteiger partial charge in [0.25, 0.3) is 0 Å². The molecule has 0 fully saturated rings. The van der Waals surface area contributed by atoms with Crippen molar-refractivity contribution in [3.63, 3.8) is 0 Å². The number of nitrogens with two attached hydrogens (primary N) is 6. The second-order valence-corrected chi connectivity index (χ2v) is 3.40. The second-order valence-electron chi connectivity index (χ2n) is 3.40. The molecule has 1 atom stereocenters. The average molecular weight is 217 g/mol. The molecule has 0 radical (unpaired) electrons. The zero-order chi connectivity index (χ0) is 12.0. The minimum Gasteiger partial charge on any atom is -0.396 e. The van der Waals surface area contributed by atoms with Crippen molar-refractivity contribution in [1.29, 1.82) is 0 Å². The van der Waals surface area contributed by atoms with Gasteiger partial charge in [-0.15, -0.1) is 0 Å². The normalized spacial score (nSPS) is 29.5. The summed E-state index contributed by atoms with van der Waals surface area (Å²) >= 11 is 0. The summed E-state index contributed by atoms with van der Waals surface area (Å²) in [5, 5.41) is 0. The van der Waals surface area contributed by atoms with Gasteiger partial charge in [0.05, 0.1) is 5.70 Å². The smallest absolute Gasteiger partial charge is 0.369 e. The summed E-state index contributed by atoms with van der Waals surface area (Å²) in [7, 11) is 1.40. The molecule has 1 aliphatic heterocycles. The van der Waals surface area contributed by atoms with Crippen molar-refractivity contribution >= 4 is 5.97 Å². The van der Waals surface area contributed by atoms with Crippen molar-refractivity contribution in [1.82, 2.24) is 4.90 Å². The number of carbonyl (C=O) groups is 1. The highest BCUT2D eigenvalue weighted by Gasteiger charge is 2.61. The third-order valence-corrected chi connectivity index (χ3v) is 2.66. The number of hydrogen-bond donors (Lipinski definition) is 6. The topological polar surface area (TPSA) is 186 Å². The molecule has 1 heterocycles. The Morgan fingerprint density at radius 3 is 2.07 bits per heavy atom. The zero-order valence-corrected chi connectivity index (χ0v) is 8.23. The van der Waals surface area contributed by atoms with Crippen LogP contribution < -0.4 is 34.6 Å². The van der Waals surface area contributed by atoms with Crippen LogP contribution in [0.15, 0.2) is 11.5 Å². The lowest BCUT2D eigenvalue weighted by atomic mass is 9.95. The first-order valence-electron chi connectivity index (χ1n) is 3.98. The Kier molecular flexibility index (Phi) is 2.28. The molecular formula is C6H15N7O2. The van der Waals surface area contributed by atoms with Crippen molar-refractivity contribution in [2.24, 2.45) is 34.6 Å². The average Bonchev–Trinajstić information content (AvgIpc) is 2.32. The molecule has 86 valence electrons. The van der Waals surface area contributed by atoms with E-state index in [1.54, 1.807) is 0 Å². The number of rotatable bonds is 1. The van der Waals surface area contributed by atoms with Gasteiger partial charge in [0.1, 0.15) is 5.82 Å². The van der Waals surface area contributed by atoms with E-state index in [0.717, 1.165) is 4.90 Å². The van der Waals surface area contributed by atoms with E-state index in [-0.39, 0.29) is 11.5 Å². The van der Waals surface area contributed by atoms with Gasteiger partial charge >= 0.3 is 5.97 Å². The van der Waals surface area contributed by atoms with Gasteiger partial charge in [0.15, 0.2) is 5.66 Å². The molecule has 15 heavy (non-hydrogen) atoms. The molecule has 1 aliphatic rings. The standard InChI is InChI=1S/C6H15N7O2/c1-13-3(8)2(7)5(9,10)6(13,11)4(14)15-12/h7-12H2,1H3. The van der Waals surface area contributed by atoms with Crippen LogP contribution in [0.1, 0.15) is 0 Å². The van der Waals surface area contributed by atoms with Crippen molar-refractivity contribution in [2.45, 2.75) is 11.3 Å². The lowest BCUT2D eigenvalue weighted by molar-refractivity contribution is -0.159. The molecule has 0 spiro atoms. The Balaban J connectivity index is 3.31. The predicted octanol–water partition coefficient (Wildman–Crippen LogP) is -4.30. The molecule has 9 nitrogen and oxygen atoms in total. The Morgan fingerprint density at radius 2 is 1.80 bits per heavy atom. The Labute approximate surface area is 85.9 Å². The van der Waals surface area contributed by atoms with Crippen molar-refractivity contribution in [2.75, 3.05) is 7.05 Å². The first kappa shape index (κ1) is 11.5. The molecule has 0 aliphatic carbocycles. The quantitative estimate of drug-likeness (QED) is 0.186. The van der Waals surface area contributed by atoms with Crippen LogP contribution in [0.5, 0.6) is 0 Å². The van der Waals surface area contributed by atoms with E-state index in [1.807, 2.05) is 0 Å². The van der Waals surface area contributed by atoms with E-state index in [1.165, 1.54) is 7.05 Å². The maximum Gasteiger partial charge on any atom is 0.369 e. The van der Waals surface area contributed by atoms with E-state index < -0.39 is 17.3 Å². The molecule has 1 unspecified atom stereocenters. The van der Waals surface area contributed by atoms with Crippen LogP contribution in [-0.4, -0.2) is 29.2 Å². The van der Waals surface area contributed by atoms with Crippen molar-refractivity contribution in [3.8, 4) is 0 Å². The molecular weight excluding hydrogens is 202 g/mol. The molecule has 0 saturated carbocycles. The SMILES string of the molecule is CN1C(N)=C(N)C(N)(N)C1(N)C(=O)ON. The summed E-state index contributed by atoms with van der Waals surface area (Å²) in [5.41, 5.74) is 24.3. The maximum atomic E-state index is 11.4. The first-order valence-corrected chi connectivity index (χ1v) is 3.98. The number of hydrogen-bond acceptors (Lipinski definition) is 9. The minimum absolute atomic E-state index is 0.00731. The Bertz CT molecular complexity index is 338. The van der Waals surface area contributed by atoms with E-state index >= 15 is 0 Å². The van der Waals surface area contributed by atoms with Gasteiger partial charge in [-0.2, -0.15) is 5.90 Å². The maximum absolute atomic E-state index is 11.4. The summed E-state index contributed by atoms with van der Waals surface area (Å²) in [6, 6.07) is 0. The van der Waals surface area contributed by atoms with Crippen LogP contribution in [0.2, 0.25) is 0 Å². The fraction of sp³-hybridized carbons (Fsp3) is 0.500. The summed E-state index contributed by atoms with van der Waals surface area (Å²) in [6.07, 6.45) is 0. The summed E-state index contributed by atoms with van der Waals surface area (Å²) in [6.45, 7) is 0. The molecule has 12 N–H and O–H groups in total. The lowest BCUT2D eigenvalue weighted by Gasteiger charge is -2.39. The summed E-state index contributed by atoms with van der Waals surface area (Å²) in [5.74, 6) is 3.72. The second kappa shape index (κ2) is 2.97. The third-order valence-electron chi connectivity index (χ3n) is 2.66. The van der Waals surface area contributed by atoms with Gasteiger partial charge in [-0.1, -0.05) is 0 Å². The van der Waals surface area contributed by atoms with Gasteiger partial charge in [0, 0.05) is 7.05 Å². The lowest BCUT2D eigenvalue weighted by Crippen LogP contribution is -2.78. The summed E-state index contributed by atoms with van der Waals surface area (Å²) in [4.78, 5) is 16.6. The molecule has 0 saturated heterocycles. The van der Waals surface area contributed by atoms with Crippen molar-refractivity contribution in [3.05, 3.63) is 11.5 Å². The zero-order valence-electron chi connectivity index (χ0n) is 8.23. The van der Waals surface area contributed by atoms with Gasteiger partial charge in [-0.3, -0.25) is 5.73 Å². The van der Waals surface area contributed by atoms with Crippen LogP contribution >= 0.6 is 0 Å². The molecule has 0 aromatic rings. The van der Waals surface area contributed by atoms with Crippen LogP contribution in [0, 0.1) is 0 Å². The number of nitrogens with zero attached hydrogens (tertiary/aromatic N) is 1. The fourth-order valence-corrected chi connectivity index (χ4v) is 1.46. The first-order chi connectivity index (χ1) is 6.71. The Morgan fingerprint density at radius 1 is 1.33 bits per heavy atom. The molecule has 0 aromatic carbocycles. The van der Waals surface area contributed by atoms with Gasteiger partial charge in [-0.05, 0) is 0 Å². The molecule has 0 aromatic heterocycles. The van der Waals surface area contributed by atoms with E-state index in [4.69, 9.17) is 34.6 Å². The van der Waals surface area contributed by atoms with E-state index in [2.05, 4.69) is 4.84 Å². The van der Waals surface area contributed by atoms with Crippen LogP contribution in [0.4, 0.5) is 0 Å². The molecule has 9 heteroatoms. The fourth-order valence-electron chi connectivity index (χ4n) is 1.46. The minimum atomic E-state index is -1.92. The number of likely N-dealkylation sites (N-methyl/N-ethyl adjacent to an activating group) is 1. The highest BCUT2D eigenvalue weighted by Crippen LogP contribution is 2.32. The Hall–Kier alpha value is -1.55. The largest absolute Gasteiger partial charge is 0.396 e. The van der Waals surface area contributed by atoms with E-state index in [9.17, 15) is 4.79 Å². The highest BCUT2D eigenvalue weighted by molar-refractivity contribution is 5.84. The van der Waals surface area contributed by atoms with Gasteiger partial charge in [0.2, 0.25) is 5.66 Å². The predicted molar refractivity (Wildman–Crippen MR) is 51.5 cm³/mol. The number of carbonyl (C=O) groups excluding carboxylic acids is 1. The highest BCUT2D eigenvalue weighted by atomic mass is 16.7. The van der Waals surface area contributed by atoms with Gasteiger partial charge < -0.3 is 32.7 Å². The van der Waals surface area contributed by atoms with Crippen LogP contribution in [-0.2, 0) is 9.63 Å². The van der Waals surface area contributed by atoms with Gasteiger partial charge in [-0.25, -0.2) is 4.79 Å². The molecule has 1 rings (SSSR count). The molecule has 0 amide bonds. The molecule has 0 bridgehead atoms. The summed E-state index contributed by atoms with van der Waals surface area (Å²) < 4.78 is 0.